The highest BCUT2D eigenvalue weighted by Crippen LogP contribution is 2.44. The number of carbonyl (C=O) groups is 1. The molecule has 0 aliphatic carbocycles. The van der Waals surface area contributed by atoms with Crippen molar-refractivity contribution in [1.82, 2.24) is 9.97 Å². The van der Waals surface area contributed by atoms with Crippen LogP contribution in [0, 0.1) is 0 Å². The largest absolute Gasteiger partial charge is 0.326 e. The molecule has 2 aromatic heterocycles. The molecule has 1 aliphatic heterocycles. The maximum Gasteiger partial charge on any atom is 0.224 e. The lowest BCUT2D eigenvalue weighted by Crippen LogP contribution is -2.24. The molecule has 1 N–H and O–H groups in total. The van der Waals surface area contributed by atoms with Gasteiger partial charge in [0.05, 0.1) is 5.69 Å². The third-order valence-corrected chi connectivity index (χ3v) is 6.67. The maximum absolute atomic E-state index is 12.2. The molecule has 1 aromatic carbocycles. The van der Waals surface area contributed by atoms with E-state index in [0.29, 0.717) is 6.42 Å². The monoisotopic (exact) mass is 377 g/mol. The first-order valence-corrected chi connectivity index (χ1v) is 10.3. The fourth-order valence-electron chi connectivity index (χ4n) is 3.97. The second-order valence-electron chi connectivity index (χ2n) is 7.07. The van der Waals surface area contributed by atoms with E-state index in [2.05, 4.69) is 41.7 Å². The van der Waals surface area contributed by atoms with E-state index in [-0.39, 0.29) is 11.3 Å². The number of pyridine rings is 1. The normalized spacial score (nSPS) is 15.7. The van der Waals surface area contributed by atoms with Crippen LogP contribution in [0.1, 0.15) is 45.1 Å². The Bertz CT molecular complexity index is 961. The Labute approximate surface area is 163 Å². The van der Waals surface area contributed by atoms with Crippen LogP contribution in [0.3, 0.4) is 0 Å². The summed E-state index contributed by atoms with van der Waals surface area (Å²) in [7, 11) is 0. The molecule has 27 heavy (non-hydrogen) atoms. The van der Waals surface area contributed by atoms with E-state index in [1.54, 1.807) is 23.7 Å². The van der Waals surface area contributed by atoms with Gasteiger partial charge in [-0.05, 0) is 54.5 Å². The predicted molar refractivity (Wildman–Crippen MR) is 111 cm³/mol. The minimum atomic E-state index is 0.0362. The van der Waals surface area contributed by atoms with Crippen molar-refractivity contribution >= 4 is 22.9 Å². The van der Waals surface area contributed by atoms with Crippen LogP contribution >= 0.6 is 11.3 Å². The second kappa shape index (κ2) is 7.24. The minimum Gasteiger partial charge on any atom is -0.326 e. The van der Waals surface area contributed by atoms with Gasteiger partial charge in [0.1, 0.15) is 5.01 Å². The van der Waals surface area contributed by atoms with Crippen LogP contribution in [0.5, 0.6) is 0 Å². The first-order chi connectivity index (χ1) is 13.1. The van der Waals surface area contributed by atoms with Gasteiger partial charge in [0.2, 0.25) is 5.91 Å². The van der Waals surface area contributed by atoms with Gasteiger partial charge in [-0.15, -0.1) is 11.3 Å². The van der Waals surface area contributed by atoms with Gasteiger partial charge in [-0.3, -0.25) is 9.78 Å². The van der Waals surface area contributed by atoms with Gasteiger partial charge in [-0.1, -0.05) is 19.9 Å². The molecule has 138 valence electrons. The van der Waals surface area contributed by atoms with Crippen molar-refractivity contribution in [3.63, 3.8) is 0 Å². The molecular weight excluding hydrogens is 354 g/mol. The fraction of sp³-hybridized carbons (Fsp3) is 0.318. The Balaban J connectivity index is 1.77. The number of hydrogen-bond donors (Lipinski definition) is 1. The molecule has 0 bridgehead atoms. The zero-order valence-electron chi connectivity index (χ0n) is 15.7. The van der Waals surface area contributed by atoms with Crippen molar-refractivity contribution in [1.29, 1.82) is 0 Å². The molecule has 0 saturated heterocycles. The smallest absolute Gasteiger partial charge is 0.224 e. The number of rotatable bonds is 4. The molecule has 0 saturated carbocycles. The number of fused-ring (bicyclic) bond motifs is 1. The summed E-state index contributed by atoms with van der Waals surface area (Å²) in [6, 6.07) is 10.3. The maximum atomic E-state index is 12.2. The quantitative estimate of drug-likeness (QED) is 0.638. The summed E-state index contributed by atoms with van der Waals surface area (Å²) < 4.78 is 0. The summed E-state index contributed by atoms with van der Waals surface area (Å²) in [5.41, 5.74) is 5.40. The van der Waals surface area contributed by atoms with Crippen LogP contribution in [0.25, 0.3) is 21.8 Å². The molecule has 5 heteroatoms. The van der Waals surface area contributed by atoms with Crippen LogP contribution in [-0.2, 0) is 10.2 Å². The lowest BCUT2D eigenvalue weighted by molar-refractivity contribution is -0.116. The molecule has 0 atom stereocenters. The summed E-state index contributed by atoms with van der Waals surface area (Å²) >= 11 is 1.64. The highest BCUT2D eigenvalue weighted by atomic mass is 32.1. The van der Waals surface area contributed by atoms with Gasteiger partial charge in [0, 0.05) is 41.0 Å². The topological polar surface area (TPSA) is 54.9 Å². The van der Waals surface area contributed by atoms with E-state index in [1.807, 2.05) is 18.2 Å². The summed E-state index contributed by atoms with van der Waals surface area (Å²) in [4.78, 5) is 21.1. The average molecular weight is 378 g/mol. The molecule has 3 aromatic rings. The molecule has 4 rings (SSSR count). The van der Waals surface area contributed by atoms with Gasteiger partial charge in [-0.2, -0.15) is 0 Å². The lowest BCUT2D eigenvalue weighted by Gasteiger charge is -2.32. The minimum absolute atomic E-state index is 0.0362. The summed E-state index contributed by atoms with van der Waals surface area (Å²) in [5, 5.41) is 6.19. The van der Waals surface area contributed by atoms with Gasteiger partial charge in [0.25, 0.3) is 0 Å². The van der Waals surface area contributed by atoms with Crippen LogP contribution in [0.4, 0.5) is 5.69 Å². The van der Waals surface area contributed by atoms with E-state index in [0.717, 1.165) is 46.8 Å². The number of nitrogens with one attached hydrogen (secondary N) is 1. The molecule has 3 heterocycles. The van der Waals surface area contributed by atoms with E-state index in [1.165, 1.54) is 5.56 Å². The van der Waals surface area contributed by atoms with Crippen molar-refractivity contribution in [3.8, 4) is 21.8 Å². The molecule has 4 nitrogen and oxygen atoms in total. The Kier molecular flexibility index (Phi) is 4.79. The zero-order chi connectivity index (χ0) is 18.9. The summed E-state index contributed by atoms with van der Waals surface area (Å²) in [6.45, 7) is 4.44. The molecule has 0 unspecified atom stereocenters. The van der Waals surface area contributed by atoms with Crippen LogP contribution in [0.2, 0.25) is 0 Å². The van der Waals surface area contributed by atoms with E-state index >= 15 is 0 Å². The number of anilines is 1. The number of thiazole rings is 1. The van der Waals surface area contributed by atoms with E-state index in [9.17, 15) is 4.79 Å². The number of carbonyl (C=O) groups excluding carboxylic acids is 1. The van der Waals surface area contributed by atoms with Crippen molar-refractivity contribution in [2.75, 3.05) is 5.32 Å². The molecule has 0 spiro atoms. The standard InChI is InChI=1S/C22H23N3OS/c1-3-22(4-2)10-7-20(26)24-18-6-5-16(13-17(18)22)19-14-27-21(25-19)15-8-11-23-12-9-15/h5-6,8-9,11-14H,3-4,7,10H2,1-2H3,(H,24,26). The van der Waals surface area contributed by atoms with E-state index < -0.39 is 0 Å². The molecule has 0 radical (unpaired) electrons. The Morgan fingerprint density at radius 3 is 2.63 bits per heavy atom. The second-order valence-corrected chi connectivity index (χ2v) is 7.93. The van der Waals surface area contributed by atoms with Gasteiger partial charge < -0.3 is 5.32 Å². The zero-order valence-corrected chi connectivity index (χ0v) is 16.5. The van der Waals surface area contributed by atoms with Crippen molar-refractivity contribution in [2.45, 2.75) is 44.9 Å². The number of nitrogens with zero attached hydrogens (tertiary/aromatic N) is 2. The summed E-state index contributed by atoms with van der Waals surface area (Å²) in [5.74, 6) is 0.112. The third kappa shape index (κ3) is 3.28. The fourth-order valence-corrected chi connectivity index (χ4v) is 4.80. The number of benzene rings is 1. The van der Waals surface area contributed by atoms with Gasteiger partial charge >= 0.3 is 0 Å². The molecule has 1 amide bonds. The van der Waals surface area contributed by atoms with Crippen molar-refractivity contribution < 1.29 is 4.79 Å². The predicted octanol–water partition coefficient (Wildman–Crippen LogP) is 5.66. The Morgan fingerprint density at radius 2 is 1.89 bits per heavy atom. The van der Waals surface area contributed by atoms with Gasteiger partial charge in [0.15, 0.2) is 0 Å². The van der Waals surface area contributed by atoms with E-state index in [4.69, 9.17) is 4.98 Å². The van der Waals surface area contributed by atoms with Crippen LogP contribution < -0.4 is 5.32 Å². The Morgan fingerprint density at radius 1 is 1.11 bits per heavy atom. The lowest BCUT2D eigenvalue weighted by atomic mass is 9.72. The Hall–Kier alpha value is -2.53. The van der Waals surface area contributed by atoms with Gasteiger partial charge in [-0.25, -0.2) is 4.98 Å². The number of hydrogen-bond acceptors (Lipinski definition) is 4. The highest BCUT2D eigenvalue weighted by Gasteiger charge is 2.34. The first-order valence-electron chi connectivity index (χ1n) is 9.46. The third-order valence-electron chi connectivity index (χ3n) is 5.78. The molecular formula is C22H23N3OS. The van der Waals surface area contributed by atoms with Crippen molar-refractivity contribution in [2.24, 2.45) is 0 Å². The highest BCUT2D eigenvalue weighted by molar-refractivity contribution is 7.13. The van der Waals surface area contributed by atoms with Crippen LogP contribution in [0.15, 0.2) is 48.1 Å². The van der Waals surface area contributed by atoms with Crippen molar-refractivity contribution in [3.05, 3.63) is 53.7 Å². The molecule has 0 fully saturated rings. The number of amides is 1. The molecule has 1 aliphatic rings. The average Bonchev–Trinajstić information content (AvgIpc) is 3.15. The first kappa shape index (κ1) is 17.9. The summed E-state index contributed by atoms with van der Waals surface area (Å²) in [6.07, 6.45) is 7.09. The van der Waals surface area contributed by atoms with Crippen LogP contribution in [-0.4, -0.2) is 15.9 Å². The number of aromatic nitrogens is 2. The SMILES string of the molecule is CCC1(CC)CCC(=O)Nc2ccc(-c3csc(-c4ccncc4)n3)cc21.